The monoisotopic (exact) mass is 311 g/mol. The topological polar surface area (TPSA) is 47.8 Å². The van der Waals surface area contributed by atoms with Crippen molar-refractivity contribution in [3.8, 4) is 0 Å². The van der Waals surface area contributed by atoms with E-state index in [4.69, 9.17) is 0 Å². The normalized spacial score (nSPS) is 13.7. The zero-order valence-electron chi connectivity index (χ0n) is 12.5. The van der Waals surface area contributed by atoms with Crippen LogP contribution in [-0.2, 0) is 10.8 Å². The summed E-state index contributed by atoms with van der Waals surface area (Å²) < 4.78 is 14.3. The molecular weight excluding hydrogens is 294 g/mol. The molecular formula is C17H17N3OS. The lowest BCUT2D eigenvalue weighted by molar-refractivity contribution is 0.543. The first-order valence-corrected chi connectivity index (χ1v) is 8.25. The van der Waals surface area contributed by atoms with Crippen LogP contribution in [0.25, 0.3) is 0 Å². The van der Waals surface area contributed by atoms with Gasteiger partial charge in [-0.15, -0.1) is 5.10 Å². The molecule has 0 spiro atoms. The molecule has 112 valence electrons. The number of aromatic nitrogens is 3. The van der Waals surface area contributed by atoms with Gasteiger partial charge in [-0.2, -0.15) is 0 Å². The molecule has 2 atom stereocenters. The number of nitrogens with zero attached hydrogens (tertiary/aromatic N) is 3. The van der Waals surface area contributed by atoms with Crippen LogP contribution in [0.15, 0.2) is 70.7 Å². The van der Waals surface area contributed by atoms with Gasteiger partial charge in [0.25, 0.3) is 0 Å². The Morgan fingerprint density at radius 2 is 1.73 bits per heavy atom. The third-order valence-corrected chi connectivity index (χ3v) is 4.86. The number of hydrogen-bond donors (Lipinski definition) is 0. The summed E-state index contributed by atoms with van der Waals surface area (Å²) in [7, 11) is -1.30. The number of aryl methyl sites for hydroxylation is 1. The van der Waals surface area contributed by atoms with Crippen LogP contribution in [0.4, 0.5) is 0 Å². The summed E-state index contributed by atoms with van der Waals surface area (Å²) in [5.41, 5.74) is 2.28. The summed E-state index contributed by atoms with van der Waals surface area (Å²) in [5.74, 6) is 0. The first-order valence-electron chi connectivity index (χ1n) is 7.10. The minimum Gasteiger partial charge on any atom is -0.247 e. The van der Waals surface area contributed by atoms with Gasteiger partial charge in [0, 0.05) is 4.90 Å². The summed E-state index contributed by atoms with van der Waals surface area (Å²) in [6, 6.07) is 17.7. The fourth-order valence-corrected chi connectivity index (χ4v) is 3.14. The van der Waals surface area contributed by atoms with Gasteiger partial charge in [0.1, 0.15) is 10.8 Å². The molecule has 0 saturated carbocycles. The van der Waals surface area contributed by atoms with Gasteiger partial charge in [-0.25, -0.2) is 8.89 Å². The molecule has 1 heterocycles. The summed E-state index contributed by atoms with van der Waals surface area (Å²) in [6.07, 6.45) is 1.76. The Bertz CT molecular complexity index is 781. The van der Waals surface area contributed by atoms with E-state index in [1.54, 1.807) is 10.9 Å². The van der Waals surface area contributed by atoms with Crippen LogP contribution in [0.5, 0.6) is 0 Å². The first-order chi connectivity index (χ1) is 10.6. The van der Waals surface area contributed by atoms with Crippen LogP contribution in [-0.4, -0.2) is 19.2 Å². The van der Waals surface area contributed by atoms with E-state index in [0.717, 1.165) is 16.0 Å². The second kappa shape index (κ2) is 6.23. The number of hydrogen-bond acceptors (Lipinski definition) is 3. The highest BCUT2D eigenvalue weighted by molar-refractivity contribution is 7.85. The summed E-state index contributed by atoms with van der Waals surface area (Å²) >= 11 is 0. The van der Waals surface area contributed by atoms with Gasteiger partial charge < -0.3 is 0 Å². The van der Waals surface area contributed by atoms with Crippen molar-refractivity contribution in [3.63, 3.8) is 0 Å². The summed E-state index contributed by atoms with van der Waals surface area (Å²) in [6.45, 7) is 4.05. The van der Waals surface area contributed by atoms with Crippen molar-refractivity contribution >= 4 is 10.8 Å². The molecule has 0 bridgehead atoms. The lowest BCUT2D eigenvalue weighted by atomic mass is 10.1. The van der Waals surface area contributed by atoms with Gasteiger partial charge in [-0.3, -0.25) is 0 Å². The molecule has 0 aliphatic heterocycles. The molecule has 22 heavy (non-hydrogen) atoms. The molecule has 0 radical (unpaired) electrons. The summed E-state index contributed by atoms with van der Waals surface area (Å²) in [5, 5.41) is 8.68. The minimum absolute atomic E-state index is 0.0532. The molecule has 1 unspecified atom stereocenters. The molecule has 2 aromatic carbocycles. The third-order valence-electron chi connectivity index (χ3n) is 3.59. The molecule has 0 saturated heterocycles. The van der Waals surface area contributed by atoms with Gasteiger partial charge >= 0.3 is 0 Å². The lowest BCUT2D eigenvalue weighted by Crippen LogP contribution is -2.07. The highest BCUT2D eigenvalue weighted by Gasteiger charge is 2.15. The van der Waals surface area contributed by atoms with E-state index in [-0.39, 0.29) is 6.04 Å². The van der Waals surface area contributed by atoms with Gasteiger partial charge in [0.2, 0.25) is 0 Å². The standard InChI is InChI=1S/C17H17N3OS/c1-13-8-10-16(11-9-13)22(21)17-12-20(19-18-17)14(2)15-6-4-3-5-7-15/h3-12,14H,1-2H3/t14-,22?/m0/s1. The highest BCUT2D eigenvalue weighted by atomic mass is 32.2. The molecule has 5 heteroatoms. The van der Waals surface area contributed by atoms with Crippen molar-refractivity contribution in [2.45, 2.75) is 29.8 Å². The fraction of sp³-hybridized carbons (Fsp3) is 0.176. The van der Waals surface area contributed by atoms with E-state index in [1.165, 1.54) is 0 Å². The van der Waals surface area contributed by atoms with Crippen molar-refractivity contribution < 1.29 is 4.21 Å². The summed E-state index contributed by atoms with van der Waals surface area (Å²) in [4.78, 5) is 0.741. The van der Waals surface area contributed by atoms with Crippen molar-refractivity contribution in [1.29, 1.82) is 0 Å². The van der Waals surface area contributed by atoms with E-state index in [9.17, 15) is 4.21 Å². The highest BCUT2D eigenvalue weighted by Crippen LogP contribution is 2.19. The smallest absolute Gasteiger partial charge is 0.174 e. The molecule has 3 rings (SSSR count). The molecule has 0 fully saturated rings. The molecule has 0 amide bonds. The largest absolute Gasteiger partial charge is 0.247 e. The van der Waals surface area contributed by atoms with Crippen LogP contribution in [0, 0.1) is 6.92 Å². The minimum atomic E-state index is -1.30. The van der Waals surface area contributed by atoms with Crippen LogP contribution in [0.2, 0.25) is 0 Å². The molecule has 1 aromatic heterocycles. The Hall–Kier alpha value is -2.27. The number of benzene rings is 2. The van der Waals surface area contributed by atoms with Gasteiger partial charge in [-0.1, -0.05) is 53.2 Å². The van der Waals surface area contributed by atoms with E-state index in [1.807, 2.05) is 68.4 Å². The average molecular weight is 311 g/mol. The predicted molar refractivity (Wildman–Crippen MR) is 86.1 cm³/mol. The van der Waals surface area contributed by atoms with Crippen LogP contribution < -0.4 is 0 Å². The van der Waals surface area contributed by atoms with Crippen molar-refractivity contribution in [1.82, 2.24) is 15.0 Å². The Labute approximate surface area is 132 Å². The Balaban J connectivity index is 1.84. The SMILES string of the molecule is Cc1ccc(S(=O)c2cn([C@@H](C)c3ccccc3)nn2)cc1. The zero-order chi connectivity index (χ0) is 15.5. The first kappa shape index (κ1) is 14.7. The quantitative estimate of drug-likeness (QED) is 0.742. The van der Waals surface area contributed by atoms with Crippen molar-refractivity contribution in [2.75, 3.05) is 0 Å². The van der Waals surface area contributed by atoms with Gasteiger partial charge in [-0.05, 0) is 31.5 Å². The third kappa shape index (κ3) is 2.99. The second-order valence-electron chi connectivity index (χ2n) is 5.21. The van der Waals surface area contributed by atoms with Crippen LogP contribution in [0.1, 0.15) is 24.1 Å². The molecule has 0 aliphatic carbocycles. The lowest BCUT2D eigenvalue weighted by Gasteiger charge is -2.10. The fourth-order valence-electron chi connectivity index (χ4n) is 2.20. The average Bonchev–Trinajstić information content (AvgIpc) is 3.05. The Kier molecular flexibility index (Phi) is 4.15. The van der Waals surface area contributed by atoms with Crippen molar-refractivity contribution in [3.05, 3.63) is 71.9 Å². The molecule has 0 aliphatic rings. The predicted octanol–water partition coefficient (Wildman–Crippen LogP) is 3.36. The van der Waals surface area contributed by atoms with E-state index in [2.05, 4.69) is 10.3 Å². The van der Waals surface area contributed by atoms with Crippen LogP contribution in [0.3, 0.4) is 0 Å². The van der Waals surface area contributed by atoms with Crippen molar-refractivity contribution in [2.24, 2.45) is 0 Å². The zero-order valence-corrected chi connectivity index (χ0v) is 13.3. The van der Waals surface area contributed by atoms with E-state index < -0.39 is 10.8 Å². The van der Waals surface area contributed by atoms with Gasteiger partial charge in [0.15, 0.2) is 5.03 Å². The molecule has 0 N–H and O–H groups in total. The molecule has 3 aromatic rings. The van der Waals surface area contributed by atoms with Gasteiger partial charge in [0.05, 0.1) is 12.2 Å². The van der Waals surface area contributed by atoms with Crippen LogP contribution >= 0.6 is 0 Å². The Morgan fingerprint density at radius 1 is 1.05 bits per heavy atom. The maximum absolute atomic E-state index is 12.5. The van der Waals surface area contributed by atoms with E-state index in [0.29, 0.717) is 5.03 Å². The second-order valence-corrected chi connectivity index (χ2v) is 6.63. The Morgan fingerprint density at radius 3 is 2.41 bits per heavy atom. The maximum atomic E-state index is 12.5. The number of rotatable bonds is 4. The maximum Gasteiger partial charge on any atom is 0.174 e. The van der Waals surface area contributed by atoms with E-state index >= 15 is 0 Å². The molecule has 4 nitrogen and oxygen atoms in total.